The van der Waals surface area contributed by atoms with Crippen LogP contribution in [0.1, 0.15) is 128 Å². The number of rotatable bonds is 6. The average molecular weight is 537 g/mol. The van der Waals surface area contributed by atoms with E-state index in [1.807, 2.05) is 0 Å². The van der Waals surface area contributed by atoms with Crippen LogP contribution in [0.3, 0.4) is 0 Å². The van der Waals surface area contributed by atoms with Gasteiger partial charge >= 0.3 is 7.82 Å². The molecule has 212 valence electrons. The lowest BCUT2D eigenvalue weighted by Crippen LogP contribution is -2.40. The quantitative estimate of drug-likeness (QED) is 0.279. The smallest absolute Gasteiger partial charge is 0.404 e. The van der Waals surface area contributed by atoms with Crippen molar-refractivity contribution in [2.45, 2.75) is 153 Å². The van der Waals surface area contributed by atoms with Gasteiger partial charge in [0.1, 0.15) is 5.75 Å². The van der Waals surface area contributed by atoms with Crippen molar-refractivity contribution < 1.29 is 18.9 Å². The summed E-state index contributed by atoms with van der Waals surface area (Å²) in [6.07, 6.45) is 29.1. The molecular formula is C30H53N2O4P. The first-order valence-corrected chi connectivity index (χ1v) is 16.8. The maximum atomic E-state index is 10.3. The third-order valence-electron chi connectivity index (χ3n) is 8.33. The Bertz CT molecular complexity index is 669. The Morgan fingerprint density at radius 1 is 0.541 bits per heavy atom. The Morgan fingerprint density at radius 2 is 0.838 bits per heavy atom. The zero-order valence-electron chi connectivity index (χ0n) is 23.0. The second kappa shape index (κ2) is 17.6. The molecule has 4 N–H and O–H groups in total. The minimum atomic E-state index is -4.39. The van der Waals surface area contributed by atoms with Gasteiger partial charge in [-0.25, -0.2) is 4.57 Å². The van der Waals surface area contributed by atoms with Crippen LogP contribution in [-0.2, 0) is 4.57 Å². The topological polar surface area (TPSA) is 90.8 Å². The SMILES string of the molecule is C1CCC(NC2CCCCC2)CC1.C1CCC(NC2CCCCC2)CC1.O=P(O)(O)Oc1ccccc1. The predicted molar refractivity (Wildman–Crippen MR) is 153 cm³/mol. The first kappa shape index (κ1) is 30.6. The molecule has 7 heteroatoms. The van der Waals surface area contributed by atoms with Crippen LogP contribution in [0.15, 0.2) is 30.3 Å². The minimum absolute atomic E-state index is 0.167. The monoisotopic (exact) mass is 536 g/mol. The molecule has 0 spiro atoms. The van der Waals surface area contributed by atoms with Crippen molar-refractivity contribution >= 4 is 7.82 Å². The molecule has 4 fully saturated rings. The molecule has 4 saturated carbocycles. The number of phosphoric ester groups is 1. The molecule has 4 aliphatic rings. The van der Waals surface area contributed by atoms with Crippen LogP contribution >= 0.6 is 7.82 Å². The van der Waals surface area contributed by atoms with Gasteiger partial charge in [-0.1, -0.05) is 95.2 Å². The van der Waals surface area contributed by atoms with E-state index in [0.717, 1.165) is 24.2 Å². The van der Waals surface area contributed by atoms with Crippen molar-refractivity contribution in [2.24, 2.45) is 0 Å². The van der Waals surface area contributed by atoms with Crippen molar-refractivity contribution in [1.29, 1.82) is 0 Å². The van der Waals surface area contributed by atoms with Crippen LogP contribution in [0.4, 0.5) is 0 Å². The lowest BCUT2D eigenvalue weighted by molar-refractivity contribution is 0.283. The van der Waals surface area contributed by atoms with E-state index in [9.17, 15) is 4.57 Å². The predicted octanol–water partition coefficient (Wildman–Crippen LogP) is 7.64. The van der Waals surface area contributed by atoms with Gasteiger partial charge in [0.25, 0.3) is 0 Å². The zero-order valence-corrected chi connectivity index (χ0v) is 23.9. The van der Waals surface area contributed by atoms with Crippen molar-refractivity contribution in [1.82, 2.24) is 10.6 Å². The highest BCUT2D eigenvalue weighted by Gasteiger charge is 2.20. The van der Waals surface area contributed by atoms with Crippen molar-refractivity contribution in [3.8, 4) is 5.75 Å². The molecule has 6 nitrogen and oxygen atoms in total. The molecular weight excluding hydrogens is 483 g/mol. The molecule has 0 saturated heterocycles. The first-order valence-electron chi connectivity index (χ1n) is 15.3. The van der Waals surface area contributed by atoms with E-state index in [1.165, 1.54) is 141 Å². The summed E-state index contributed by atoms with van der Waals surface area (Å²) >= 11 is 0. The molecule has 0 aliphatic heterocycles. The Hall–Kier alpha value is -0.910. The number of nitrogens with one attached hydrogen (secondary N) is 2. The van der Waals surface area contributed by atoms with Crippen LogP contribution < -0.4 is 15.2 Å². The summed E-state index contributed by atoms with van der Waals surface area (Å²) < 4.78 is 14.5. The second-order valence-electron chi connectivity index (χ2n) is 11.6. The molecule has 37 heavy (non-hydrogen) atoms. The van der Waals surface area contributed by atoms with Gasteiger partial charge in [-0.3, -0.25) is 9.79 Å². The van der Waals surface area contributed by atoms with Crippen molar-refractivity contribution in [3.63, 3.8) is 0 Å². The average Bonchev–Trinajstić information content (AvgIpc) is 2.92. The standard InChI is InChI=1S/2C12H23N.C6H7O4P/c2*1-3-7-11(8-4-1)13-12-9-5-2-6-10-12;7-11(8,9)10-6-4-2-1-3-5-6/h2*11-13H,1-10H2;1-5H,(H2,7,8,9). The summed E-state index contributed by atoms with van der Waals surface area (Å²) in [6, 6.07) is 11.4. The fourth-order valence-electron chi connectivity index (χ4n) is 6.36. The van der Waals surface area contributed by atoms with Gasteiger partial charge in [0.2, 0.25) is 0 Å². The summed E-state index contributed by atoms with van der Waals surface area (Å²) in [7, 11) is -4.39. The fourth-order valence-corrected chi connectivity index (χ4v) is 6.76. The first-order chi connectivity index (χ1) is 18.0. The molecule has 0 unspecified atom stereocenters. The molecule has 0 aromatic heterocycles. The van der Waals surface area contributed by atoms with Gasteiger partial charge in [-0.15, -0.1) is 0 Å². The Kier molecular flexibility index (Phi) is 14.6. The van der Waals surface area contributed by atoms with E-state index in [-0.39, 0.29) is 5.75 Å². The molecule has 5 rings (SSSR count). The van der Waals surface area contributed by atoms with Crippen LogP contribution in [0.2, 0.25) is 0 Å². The van der Waals surface area contributed by atoms with E-state index in [2.05, 4.69) is 15.2 Å². The molecule has 1 aromatic rings. The van der Waals surface area contributed by atoms with Gasteiger partial charge in [0, 0.05) is 24.2 Å². The Balaban J connectivity index is 0.000000155. The largest absolute Gasteiger partial charge is 0.524 e. The number of hydrogen-bond donors (Lipinski definition) is 4. The highest BCUT2D eigenvalue weighted by molar-refractivity contribution is 7.46. The summed E-state index contributed by atoms with van der Waals surface area (Å²) in [4.78, 5) is 16.7. The van der Waals surface area contributed by atoms with Crippen LogP contribution in [-0.4, -0.2) is 34.0 Å². The lowest BCUT2D eigenvalue weighted by Gasteiger charge is -2.30. The molecule has 0 amide bonds. The van der Waals surface area contributed by atoms with Gasteiger partial charge in [0.15, 0.2) is 0 Å². The third kappa shape index (κ3) is 14.2. The maximum Gasteiger partial charge on any atom is 0.524 e. The number of hydrogen-bond acceptors (Lipinski definition) is 4. The van der Waals surface area contributed by atoms with Crippen molar-refractivity contribution in [3.05, 3.63) is 30.3 Å². The summed E-state index contributed by atoms with van der Waals surface area (Å²) in [5, 5.41) is 7.72. The summed E-state index contributed by atoms with van der Waals surface area (Å²) in [6.45, 7) is 0. The summed E-state index contributed by atoms with van der Waals surface area (Å²) in [5.74, 6) is 0.167. The maximum absolute atomic E-state index is 10.3. The number of phosphoric acid groups is 1. The number of benzene rings is 1. The van der Waals surface area contributed by atoms with Gasteiger partial charge in [0.05, 0.1) is 0 Å². The third-order valence-corrected chi connectivity index (χ3v) is 8.78. The summed E-state index contributed by atoms with van der Waals surface area (Å²) in [5.41, 5.74) is 0. The zero-order chi connectivity index (χ0) is 26.2. The fraction of sp³-hybridized carbons (Fsp3) is 0.800. The van der Waals surface area contributed by atoms with Crippen LogP contribution in [0.5, 0.6) is 5.75 Å². The highest BCUT2D eigenvalue weighted by atomic mass is 31.2. The van der Waals surface area contributed by atoms with Gasteiger partial charge in [-0.2, -0.15) is 0 Å². The van der Waals surface area contributed by atoms with E-state index >= 15 is 0 Å². The number of para-hydroxylation sites is 1. The van der Waals surface area contributed by atoms with Crippen molar-refractivity contribution in [2.75, 3.05) is 0 Å². The van der Waals surface area contributed by atoms with Crippen LogP contribution in [0.25, 0.3) is 0 Å². The highest BCUT2D eigenvalue weighted by Crippen LogP contribution is 2.37. The molecule has 0 atom stereocenters. The molecule has 4 aliphatic carbocycles. The second-order valence-corrected chi connectivity index (χ2v) is 12.7. The molecule has 1 aromatic carbocycles. The molecule has 0 heterocycles. The molecule has 0 radical (unpaired) electrons. The van der Waals surface area contributed by atoms with Gasteiger partial charge in [-0.05, 0) is 63.5 Å². The van der Waals surface area contributed by atoms with E-state index < -0.39 is 7.82 Å². The minimum Gasteiger partial charge on any atom is -0.404 e. The molecule has 0 bridgehead atoms. The van der Waals surface area contributed by atoms with E-state index in [4.69, 9.17) is 9.79 Å². The van der Waals surface area contributed by atoms with Gasteiger partial charge < -0.3 is 15.2 Å². The van der Waals surface area contributed by atoms with E-state index in [1.54, 1.807) is 18.2 Å². The Morgan fingerprint density at radius 3 is 1.11 bits per heavy atom. The van der Waals surface area contributed by atoms with E-state index in [0.29, 0.717) is 0 Å². The lowest BCUT2D eigenvalue weighted by atomic mass is 9.91. The normalized spacial score (nSPS) is 22.8. The van der Waals surface area contributed by atoms with Crippen LogP contribution in [0, 0.1) is 0 Å². The Labute approximate surface area is 226 Å².